The number of ether oxygens (including phenoxy) is 1. The van der Waals surface area contributed by atoms with Gasteiger partial charge in [-0.1, -0.05) is 36.4 Å². The average molecular weight is 407 g/mol. The van der Waals surface area contributed by atoms with E-state index in [2.05, 4.69) is 52.7 Å². The van der Waals surface area contributed by atoms with E-state index in [-0.39, 0.29) is 0 Å². The molecule has 1 atom stereocenters. The number of aliphatic hydroxyl groups is 1. The molecule has 0 bridgehead atoms. The highest BCUT2D eigenvalue weighted by Crippen LogP contribution is 2.44. The summed E-state index contributed by atoms with van der Waals surface area (Å²) in [5, 5.41) is 14.3. The summed E-state index contributed by atoms with van der Waals surface area (Å²) >= 11 is 0. The number of rotatable bonds is 10. The number of hydrogen-bond donors (Lipinski definition) is 2. The molecule has 3 aliphatic rings. The minimum atomic E-state index is -0.480. The molecular formula is C26H34N2O2. The molecule has 2 saturated carbocycles. The van der Waals surface area contributed by atoms with E-state index < -0.39 is 6.10 Å². The predicted octanol–water partition coefficient (Wildman–Crippen LogP) is 3.76. The van der Waals surface area contributed by atoms with Crippen LogP contribution in [0.25, 0.3) is 0 Å². The van der Waals surface area contributed by atoms with Crippen molar-refractivity contribution >= 4 is 0 Å². The molecule has 5 rings (SSSR count). The van der Waals surface area contributed by atoms with Gasteiger partial charge >= 0.3 is 0 Å². The predicted molar refractivity (Wildman–Crippen MR) is 119 cm³/mol. The highest BCUT2D eigenvalue weighted by Gasteiger charge is 2.40. The lowest BCUT2D eigenvalue weighted by atomic mass is 10.00. The normalized spacial score (nSPS) is 20.2. The monoisotopic (exact) mass is 406 g/mol. The maximum Gasteiger partial charge on any atom is 0.119 e. The molecule has 2 aromatic carbocycles. The Morgan fingerprint density at radius 2 is 1.77 bits per heavy atom. The van der Waals surface area contributed by atoms with E-state index in [1.54, 1.807) is 0 Å². The lowest BCUT2D eigenvalue weighted by molar-refractivity contribution is 0.0637. The van der Waals surface area contributed by atoms with E-state index >= 15 is 0 Å². The van der Waals surface area contributed by atoms with E-state index in [4.69, 9.17) is 4.74 Å². The third-order valence-electron chi connectivity index (χ3n) is 6.82. The summed E-state index contributed by atoms with van der Waals surface area (Å²) in [6.07, 6.45) is 6.18. The third-order valence-corrected chi connectivity index (χ3v) is 6.82. The summed E-state index contributed by atoms with van der Waals surface area (Å²) in [6.45, 7) is 3.81. The van der Waals surface area contributed by atoms with Crippen LogP contribution in [-0.2, 0) is 19.5 Å². The molecular weight excluding hydrogens is 372 g/mol. The molecule has 2 aliphatic carbocycles. The SMILES string of the molecule is OC(COc1cccc(CNC(C2CC2)C2CC2)c1)CN1CCc2ccccc2C1. The van der Waals surface area contributed by atoms with Gasteiger partial charge in [0.2, 0.25) is 0 Å². The summed E-state index contributed by atoms with van der Waals surface area (Å²) in [6, 6.07) is 17.7. The van der Waals surface area contributed by atoms with E-state index in [0.717, 1.165) is 43.6 Å². The van der Waals surface area contributed by atoms with Gasteiger partial charge in [0.05, 0.1) is 0 Å². The fourth-order valence-corrected chi connectivity index (χ4v) is 4.86. The Morgan fingerprint density at radius 1 is 1.00 bits per heavy atom. The van der Waals surface area contributed by atoms with Crippen molar-refractivity contribution in [3.8, 4) is 5.75 Å². The van der Waals surface area contributed by atoms with Gasteiger partial charge in [-0.15, -0.1) is 0 Å². The van der Waals surface area contributed by atoms with Crippen LogP contribution in [0.3, 0.4) is 0 Å². The molecule has 2 fully saturated rings. The molecule has 0 aromatic heterocycles. The van der Waals surface area contributed by atoms with E-state index in [1.165, 1.54) is 42.4 Å². The molecule has 2 N–H and O–H groups in total. The number of nitrogens with one attached hydrogen (secondary N) is 1. The van der Waals surface area contributed by atoms with Crippen LogP contribution in [0.5, 0.6) is 5.75 Å². The van der Waals surface area contributed by atoms with Gasteiger partial charge in [0.15, 0.2) is 0 Å². The first-order chi connectivity index (χ1) is 14.7. The summed E-state index contributed by atoms with van der Waals surface area (Å²) in [5.41, 5.74) is 4.09. The molecule has 0 amide bonds. The first-order valence-electron chi connectivity index (χ1n) is 11.7. The van der Waals surface area contributed by atoms with Gasteiger partial charge in [0.25, 0.3) is 0 Å². The van der Waals surface area contributed by atoms with Crippen LogP contribution in [0.15, 0.2) is 48.5 Å². The number of aliphatic hydroxyl groups excluding tert-OH is 1. The van der Waals surface area contributed by atoms with E-state index in [9.17, 15) is 5.11 Å². The molecule has 1 aliphatic heterocycles. The Bertz CT molecular complexity index is 834. The topological polar surface area (TPSA) is 44.7 Å². The Kier molecular flexibility index (Phi) is 6.07. The van der Waals surface area contributed by atoms with Crippen LogP contribution in [0, 0.1) is 11.8 Å². The van der Waals surface area contributed by atoms with Crippen molar-refractivity contribution in [2.45, 2.75) is 57.3 Å². The van der Waals surface area contributed by atoms with Crippen LogP contribution in [-0.4, -0.2) is 41.8 Å². The first kappa shape index (κ1) is 20.0. The molecule has 4 nitrogen and oxygen atoms in total. The Hall–Kier alpha value is -1.88. The van der Waals surface area contributed by atoms with Crippen molar-refractivity contribution in [2.24, 2.45) is 11.8 Å². The zero-order valence-corrected chi connectivity index (χ0v) is 17.8. The van der Waals surface area contributed by atoms with Crippen molar-refractivity contribution in [1.82, 2.24) is 10.2 Å². The van der Waals surface area contributed by atoms with E-state index in [1.807, 2.05) is 6.07 Å². The van der Waals surface area contributed by atoms with Gasteiger partial charge in [-0.3, -0.25) is 4.90 Å². The summed E-state index contributed by atoms with van der Waals surface area (Å²) < 4.78 is 5.94. The number of β-amino-alcohol motifs (C(OH)–C–C–N with tert-alkyl or cyclic N) is 1. The van der Waals surface area contributed by atoms with Crippen LogP contribution >= 0.6 is 0 Å². The molecule has 160 valence electrons. The van der Waals surface area contributed by atoms with Crippen molar-refractivity contribution in [3.63, 3.8) is 0 Å². The molecule has 0 spiro atoms. The number of hydrogen-bond acceptors (Lipinski definition) is 4. The van der Waals surface area contributed by atoms with Crippen molar-refractivity contribution in [2.75, 3.05) is 19.7 Å². The Morgan fingerprint density at radius 3 is 2.53 bits per heavy atom. The molecule has 2 aromatic rings. The fraction of sp³-hybridized carbons (Fsp3) is 0.538. The van der Waals surface area contributed by atoms with Gasteiger partial charge in [-0.25, -0.2) is 0 Å². The second-order valence-corrected chi connectivity index (χ2v) is 9.45. The Labute approximate surface area is 180 Å². The lowest BCUT2D eigenvalue weighted by Crippen LogP contribution is -2.38. The zero-order chi connectivity index (χ0) is 20.3. The van der Waals surface area contributed by atoms with Crippen LogP contribution < -0.4 is 10.1 Å². The molecule has 30 heavy (non-hydrogen) atoms. The summed E-state index contributed by atoms with van der Waals surface area (Å²) in [4.78, 5) is 2.33. The van der Waals surface area contributed by atoms with Gasteiger partial charge in [-0.2, -0.15) is 0 Å². The molecule has 1 heterocycles. The first-order valence-corrected chi connectivity index (χ1v) is 11.7. The third kappa shape index (κ3) is 5.23. The fourth-order valence-electron chi connectivity index (χ4n) is 4.86. The van der Waals surface area contributed by atoms with Gasteiger partial charge in [0.1, 0.15) is 18.5 Å². The number of benzene rings is 2. The molecule has 4 heteroatoms. The van der Waals surface area contributed by atoms with Crippen LogP contribution in [0.2, 0.25) is 0 Å². The van der Waals surface area contributed by atoms with Gasteiger partial charge in [0, 0.05) is 32.2 Å². The molecule has 0 radical (unpaired) electrons. The van der Waals surface area contributed by atoms with Gasteiger partial charge < -0.3 is 15.2 Å². The highest BCUT2D eigenvalue weighted by atomic mass is 16.5. The van der Waals surface area contributed by atoms with E-state index in [0.29, 0.717) is 19.2 Å². The Balaban J connectivity index is 1.08. The standard InChI is InChI=1S/C26H34N2O2/c29-24(17-28-13-12-20-5-1-2-6-23(20)16-28)18-30-25-7-3-4-19(14-25)15-27-26(21-8-9-21)22-10-11-22/h1-7,14,21-22,24,26-27,29H,8-13,15-18H2. The maximum atomic E-state index is 10.5. The summed E-state index contributed by atoms with van der Waals surface area (Å²) in [7, 11) is 0. The van der Waals surface area contributed by atoms with Crippen molar-refractivity contribution in [1.29, 1.82) is 0 Å². The second kappa shape index (κ2) is 9.09. The van der Waals surface area contributed by atoms with Crippen molar-refractivity contribution < 1.29 is 9.84 Å². The van der Waals surface area contributed by atoms with Crippen LogP contribution in [0.4, 0.5) is 0 Å². The largest absolute Gasteiger partial charge is 0.491 e. The smallest absolute Gasteiger partial charge is 0.119 e. The van der Waals surface area contributed by atoms with Gasteiger partial charge in [-0.05, 0) is 72.8 Å². The number of nitrogens with zero attached hydrogens (tertiary/aromatic N) is 1. The minimum absolute atomic E-state index is 0.335. The van der Waals surface area contributed by atoms with Crippen molar-refractivity contribution in [3.05, 3.63) is 65.2 Å². The quantitative estimate of drug-likeness (QED) is 0.631. The number of fused-ring (bicyclic) bond motifs is 1. The second-order valence-electron chi connectivity index (χ2n) is 9.45. The highest BCUT2D eigenvalue weighted by molar-refractivity contribution is 5.29. The molecule has 0 saturated heterocycles. The maximum absolute atomic E-state index is 10.5. The van der Waals surface area contributed by atoms with Crippen LogP contribution in [0.1, 0.15) is 42.4 Å². The minimum Gasteiger partial charge on any atom is -0.491 e. The lowest BCUT2D eigenvalue weighted by Gasteiger charge is -2.30. The molecule has 1 unspecified atom stereocenters. The summed E-state index contributed by atoms with van der Waals surface area (Å²) in [5.74, 6) is 2.68. The zero-order valence-electron chi connectivity index (χ0n) is 17.8. The average Bonchev–Trinajstić information content (AvgIpc) is 3.67.